The van der Waals surface area contributed by atoms with Gasteiger partial charge in [-0.1, -0.05) is 23.7 Å². The minimum atomic E-state index is 0. The minimum absolute atomic E-state index is 0. The van der Waals surface area contributed by atoms with Gasteiger partial charge in [0.25, 0.3) is 0 Å². The summed E-state index contributed by atoms with van der Waals surface area (Å²) < 4.78 is 11.0. The lowest BCUT2D eigenvalue weighted by atomic mass is 10.1. The zero-order valence-electron chi connectivity index (χ0n) is 15.7. The molecule has 1 aliphatic heterocycles. The van der Waals surface area contributed by atoms with Crippen molar-refractivity contribution in [2.45, 2.75) is 38.8 Å². The summed E-state index contributed by atoms with van der Waals surface area (Å²) in [6, 6.07) is 7.86. The van der Waals surface area contributed by atoms with Crippen LogP contribution >= 0.6 is 35.6 Å². The van der Waals surface area contributed by atoms with Crippen molar-refractivity contribution >= 4 is 41.5 Å². The van der Waals surface area contributed by atoms with E-state index in [2.05, 4.69) is 17.1 Å². The maximum Gasteiger partial charge on any atom is 0.194 e. The SMILES string of the molecule is CCNC(=NCc1ccc(Cl)cc1)N1CCC(OCCCOC)CC1.I. The van der Waals surface area contributed by atoms with Crippen LogP contribution in [0, 0.1) is 0 Å². The number of hydrogen-bond donors (Lipinski definition) is 1. The molecule has 1 aliphatic rings. The summed E-state index contributed by atoms with van der Waals surface area (Å²) in [5.74, 6) is 0.982. The summed E-state index contributed by atoms with van der Waals surface area (Å²) in [4.78, 5) is 7.11. The van der Waals surface area contributed by atoms with Crippen LogP contribution in [0.1, 0.15) is 31.7 Å². The van der Waals surface area contributed by atoms with E-state index in [9.17, 15) is 0 Å². The number of methoxy groups -OCH3 is 1. The van der Waals surface area contributed by atoms with Gasteiger partial charge in [0, 0.05) is 45.0 Å². The molecule has 0 spiro atoms. The van der Waals surface area contributed by atoms with Crippen LogP contribution < -0.4 is 5.32 Å². The third-order valence-electron chi connectivity index (χ3n) is 4.25. The summed E-state index contributed by atoms with van der Waals surface area (Å²) in [5.41, 5.74) is 1.16. The monoisotopic (exact) mass is 495 g/mol. The van der Waals surface area contributed by atoms with Gasteiger partial charge in [-0.3, -0.25) is 0 Å². The maximum atomic E-state index is 5.94. The van der Waals surface area contributed by atoms with E-state index in [1.807, 2.05) is 24.3 Å². The highest BCUT2D eigenvalue weighted by atomic mass is 127. The van der Waals surface area contributed by atoms with Crippen molar-refractivity contribution in [3.63, 3.8) is 0 Å². The summed E-state index contributed by atoms with van der Waals surface area (Å²) in [5, 5.41) is 4.16. The quantitative estimate of drug-likeness (QED) is 0.257. The van der Waals surface area contributed by atoms with Crippen LogP contribution in [0.15, 0.2) is 29.3 Å². The third-order valence-corrected chi connectivity index (χ3v) is 4.50. The van der Waals surface area contributed by atoms with E-state index in [0.717, 1.165) is 68.7 Å². The Labute approximate surface area is 179 Å². The van der Waals surface area contributed by atoms with Crippen molar-refractivity contribution in [2.24, 2.45) is 4.99 Å². The molecular formula is C19H31ClIN3O2. The van der Waals surface area contributed by atoms with E-state index in [0.29, 0.717) is 12.6 Å². The van der Waals surface area contributed by atoms with E-state index in [4.69, 9.17) is 26.1 Å². The van der Waals surface area contributed by atoms with Crippen LogP contribution in [0.3, 0.4) is 0 Å². The highest BCUT2D eigenvalue weighted by Crippen LogP contribution is 2.15. The summed E-state index contributed by atoms with van der Waals surface area (Å²) in [6.45, 7) is 7.12. The van der Waals surface area contributed by atoms with Crippen molar-refractivity contribution in [1.29, 1.82) is 0 Å². The van der Waals surface area contributed by atoms with Crippen LogP contribution in [0.25, 0.3) is 0 Å². The molecule has 0 atom stereocenters. The predicted octanol–water partition coefficient (Wildman–Crippen LogP) is 3.94. The molecule has 0 saturated carbocycles. The van der Waals surface area contributed by atoms with Gasteiger partial charge in [-0.2, -0.15) is 0 Å². The molecule has 0 aromatic heterocycles. The average Bonchev–Trinajstić information content (AvgIpc) is 2.64. The maximum absolute atomic E-state index is 5.94. The summed E-state index contributed by atoms with van der Waals surface area (Å²) >= 11 is 5.94. The van der Waals surface area contributed by atoms with Crippen molar-refractivity contribution in [1.82, 2.24) is 10.2 Å². The van der Waals surface area contributed by atoms with Gasteiger partial charge in [0.15, 0.2) is 5.96 Å². The second kappa shape index (κ2) is 13.6. The standard InChI is InChI=1S/C19H30ClN3O2.HI/c1-3-21-19(22-15-16-5-7-17(20)8-6-16)23-11-9-18(10-12-23)25-14-4-13-24-2;/h5-8,18H,3-4,9-15H2,1-2H3,(H,21,22);1H. The van der Waals surface area contributed by atoms with Crippen LogP contribution in [-0.4, -0.2) is 56.9 Å². The molecule has 5 nitrogen and oxygen atoms in total. The zero-order chi connectivity index (χ0) is 17.9. The second-order valence-electron chi connectivity index (χ2n) is 6.20. The van der Waals surface area contributed by atoms with Gasteiger partial charge in [-0.15, -0.1) is 24.0 Å². The number of aliphatic imine (C=N–C) groups is 1. The molecule has 7 heteroatoms. The second-order valence-corrected chi connectivity index (χ2v) is 6.64. The van der Waals surface area contributed by atoms with Crippen molar-refractivity contribution < 1.29 is 9.47 Å². The molecule has 0 unspecified atom stereocenters. The fourth-order valence-electron chi connectivity index (χ4n) is 2.87. The van der Waals surface area contributed by atoms with Gasteiger partial charge in [-0.05, 0) is 43.9 Å². The fraction of sp³-hybridized carbons (Fsp3) is 0.632. The molecule has 0 radical (unpaired) electrons. The molecule has 0 amide bonds. The number of hydrogen-bond acceptors (Lipinski definition) is 3. The van der Waals surface area contributed by atoms with E-state index < -0.39 is 0 Å². The largest absolute Gasteiger partial charge is 0.385 e. The first-order chi connectivity index (χ1) is 12.2. The molecule has 2 rings (SSSR count). The molecule has 1 aromatic rings. The Hall–Kier alpha value is -0.570. The molecule has 1 heterocycles. The van der Waals surface area contributed by atoms with Crippen LogP contribution in [0.2, 0.25) is 5.02 Å². The Morgan fingerprint density at radius 2 is 1.92 bits per heavy atom. The smallest absolute Gasteiger partial charge is 0.194 e. The van der Waals surface area contributed by atoms with Crippen molar-refractivity contribution in [2.75, 3.05) is 40.0 Å². The number of ether oxygens (including phenoxy) is 2. The average molecular weight is 496 g/mol. The number of halogens is 2. The van der Waals surface area contributed by atoms with E-state index in [1.165, 1.54) is 0 Å². The number of benzene rings is 1. The van der Waals surface area contributed by atoms with Gasteiger partial charge in [0.2, 0.25) is 0 Å². The van der Waals surface area contributed by atoms with Gasteiger partial charge >= 0.3 is 0 Å². The first kappa shape index (κ1) is 23.5. The lowest BCUT2D eigenvalue weighted by Gasteiger charge is -2.34. The lowest BCUT2D eigenvalue weighted by molar-refractivity contribution is 0.00990. The van der Waals surface area contributed by atoms with E-state index in [-0.39, 0.29) is 24.0 Å². The normalized spacial score (nSPS) is 15.7. The number of nitrogens with zero attached hydrogens (tertiary/aromatic N) is 2. The molecule has 26 heavy (non-hydrogen) atoms. The van der Waals surface area contributed by atoms with Gasteiger partial charge in [-0.25, -0.2) is 4.99 Å². The Bertz CT molecular complexity index is 520. The van der Waals surface area contributed by atoms with Crippen LogP contribution in [-0.2, 0) is 16.0 Å². The minimum Gasteiger partial charge on any atom is -0.385 e. The molecule has 1 fully saturated rings. The Balaban J connectivity index is 0.00000338. The number of likely N-dealkylation sites (tertiary alicyclic amines) is 1. The highest BCUT2D eigenvalue weighted by molar-refractivity contribution is 14.0. The van der Waals surface area contributed by atoms with E-state index >= 15 is 0 Å². The van der Waals surface area contributed by atoms with Crippen LogP contribution in [0.4, 0.5) is 0 Å². The topological polar surface area (TPSA) is 46.1 Å². The first-order valence-corrected chi connectivity index (χ1v) is 9.49. The van der Waals surface area contributed by atoms with Gasteiger partial charge in [0.1, 0.15) is 0 Å². The Morgan fingerprint density at radius 1 is 1.23 bits per heavy atom. The Kier molecular flexibility index (Phi) is 12.3. The third kappa shape index (κ3) is 8.41. The molecule has 148 valence electrons. The first-order valence-electron chi connectivity index (χ1n) is 9.11. The van der Waals surface area contributed by atoms with Gasteiger partial charge < -0.3 is 19.7 Å². The predicted molar refractivity (Wildman–Crippen MR) is 119 cm³/mol. The number of rotatable bonds is 8. The molecule has 0 bridgehead atoms. The van der Waals surface area contributed by atoms with Crippen molar-refractivity contribution in [3.05, 3.63) is 34.9 Å². The van der Waals surface area contributed by atoms with Gasteiger partial charge in [0.05, 0.1) is 12.6 Å². The molecule has 1 N–H and O–H groups in total. The lowest BCUT2D eigenvalue weighted by Crippen LogP contribution is -2.47. The molecule has 1 aromatic carbocycles. The van der Waals surface area contributed by atoms with E-state index in [1.54, 1.807) is 7.11 Å². The summed E-state index contributed by atoms with van der Waals surface area (Å²) in [7, 11) is 1.73. The highest BCUT2D eigenvalue weighted by Gasteiger charge is 2.21. The van der Waals surface area contributed by atoms with Crippen LogP contribution in [0.5, 0.6) is 0 Å². The number of piperidine rings is 1. The molecular weight excluding hydrogens is 465 g/mol. The van der Waals surface area contributed by atoms with Crippen molar-refractivity contribution in [3.8, 4) is 0 Å². The fourth-order valence-corrected chi connectivity index (χ4v) is 3.00. The molecule has 1 saturated heterocycles. The number of nitrogens with one attached hydrogen (secondary N) is 1. The molecule has 0 aliphatic carbocycles. The number of guanidine groups is 1. The Morgan fingerprint density at radius 3 is 2.54 bits per heavy atom. The zero-order valence-corrected chi connectivity index (χ0v) is 18.8. The summed E-state index contributed by atoms with van der Waals surface area (Å²) in [6.07, 6.45) is 3.39.